The summed E-state index contributed by atoms with van der Waals surface area (Å²) in [4.78, 5) is 0. The molecule has 1 aromatic carbocycles. The molecule has 0 saturated heterocycles. The third-order valence-electron chi connectivity index (χ3n) is 2.54. The lowest BCUT2D eigenvalue weighted by molar-refractivity contribution is -0.101. The van der Waals surface area contributed by atoms with Crippen LogP contribution in [-0.4, -0.2) is 12.4 Å². The van der Waals surface area contributed by atoms with E-state index in [0.717, 1.165) is 0 Å². The van der Waals surface area contributed by atoms with Gasteiger partial charge in [-0.1, -0.05) is 0 Å². The summed E-state index contributed by atoms with van der Waals surface area (Å²) in [6.45, 7) is -0.194. The molecule has 0 bridgehead atoms. The van der Waals surface area contributed by atoms with Gasteiger partial charge >= 0.3 is 12.4 Å². The molecule has 0 aliphatic rings. The average Bonchev–Trinajstić information content (AvgIpc) is 2.35. The maximum atomic E-state index is 13.3. The smallest absolute Gasteiger partial charge is 0.203 e. The van der Waals surface area contributed by atoms with Crippen molar-refractivity contribution in [2.24, 2.45) is 0 Å². The van der Waals surface area contributed by atoms with Crippen LogP contribution in [-0.2, 0) is 0 Å². The third-order valence-corrected chi connectivity index (χ3v) is 2.54. The highest BCUT2D eigenvalue weighted by Crippen LogP contribution is 2.44. The van der Waals surface area contributed by atoms with Crippen LogP contribution in [0.25, 0.3) is 5.57 Å². The van der Waals surface area contributed by atoms with E-state index in [1.54, 1.807) is 0 Å². The van der Waals surface area contributed by atoms with Gasteiger partial charge in [0.2, 0.25) is 5.82 Å². The lowest BCUT2D eigenvalue weighted by Gasteiger charge is -2.19. The van der Waals surface area contributed by atoms with Crippen molar-refractivity contribution in [2.45, 2.75) is 19.3 Å². The predicted molar refractivity (Wildman–Crippen MR) is 50.9 cm³/mol. The summed E-state index contributed by atoms with van der Waals surface area (Å²) in [5.41, 5.74) is -8.23. The van der Waals surface area contributed by atoms with Crippen molar-refractivity contribution in [1.29, 1.82) is 0 Å². The highest BCUT2D eigenvalue weighted by Gasteiger charge is 2.47. The lowest BCUT2D eigenvalue weighted by atomic mass is 9.98. The molecule has 0 radical (unpaired) electrons. The molecule has 0 fully saturated rings. The molecular weight excluding hydrogens is 341 g/mol. The van der Waals surface area contributed by atoms with Crippen LogP contribution in [0.5, 0.6) is 0 Å². The molecule has 0 aromatic heterocycles. The number of benzene rings is 1. The molecule has 124 valence electrons. The Morgan fingerprint density at radius 2 is 0.909 bits per heavy atom. The number of alkyl halides is 6. The van der Waals surface area contributed by atoms with Crippen LogP contribution >= 0.6 is 0 Å². The largest absolute Gasteiger partial charge is 0.417 e. The van der Waals surface area contributed by atoms with E-state index in [-0.39, 0.29) is 6.92 Å². The van der Waals surface area contributed by atoms with Crippen molar-refractivity contribution in [1.82, 2.24) is 0 Å². The van der Waals surface area contributed by atoms with E-state index in [1.165, 1.54) is 0 Å². The monoisotopic (exact) mass is 344 g/mol. The van der Waals surface area contributed by atoms with E-state index < -0.39 is 58.1 Å². The topological polar surface area (TPSA) is 0 Å². The maximum absolute atomic E-state index is 13.3. The van der Waals surface area contributed by atoms with Crippen LogP contribution in [0.15, 0.2) is 5.57 Å². The van der Waals surface area contributed by atoms with Gasteiger partial charge in [0.25, 0.3) is 0 Å². The predicted octanol–water partition coefficient (Wildman–Crippen LogP) is 5.28. The minimum absolute atomic E-state index is 0.194. The molecule has 11 heteroatoms. The number of hydrogen-bond acceptors (Lipinski definition) is 0. The fourth-order valence-corrected chi connectivity index (χ4v) is 1.51. The molecule has 0 unspecified atom stereocenters. The molecule has 0 N–H and O–H groups in total. The molecular formula is C11H3F11. The summed E-state index contributed by atoms with van der Waals surface area (Å²) in [5, 5.41) is 0. The van der Waals surface area contributed by atoms with Gasteiger partial charge in [-0.15, -0.1) is 0 Å². The molecule has 0 aliphatic heterocycles. The zero-order valence-electron chi connectivity index (χ0n) is 10.2. The van der Waals surface area contributed by atoms with E-state index in [9.17, 15) is 48.3 Å². The highest BCUT2D eigenvalue weighted by molar-refractivity contribution is 5.74. The standard InChI is InChI=1S/C11H3F11/c1-2(10(17,18)19)4(11(20,21)22)3-5(12)7(14)9(16)8(15)6(3)13/h1H3/b4-2+. The van der Waals surface area contributed by atoms with Crippen LogP contribution in [0, 0.1) is 29.1 Å². The first-order valence-electron chi connectivity index (χ1n) is 5.08. The summed E-state index contributed by atoms with van der Waals surface area (Å²) in [5.74, 6) is -14.4. The minimum Gasteiger partial charge on any atom is -0.203 e. The first kappa shape index (κ1) is 18.2. The maximum Gasteiger partial charge on any atom is 0.417 e. The summed E-state index contributed by atoms with van der Waals surface area (Å²) in [6, 6.07) is 0. The highest BCUT2D eigenvalue weighted by atomic mass is 19.4. The number of allylic oxidation sites excluding steroid dienone is 2. The number of hydrogen-bond donors (Lipinski definition) is 0. The van der Waals surface area contributed by atoms with Crippen LogP contribution in [0.4, 0.5) is 48.3 Å². The number of halogens is 11. The van der Waals surface area contributed by atoms with Gasteiger partial charge in [-0.3, -0.25) is 0 Å². The Balaban J connectivity index is 3.98. The first-order chi connectivity index (χ1) is 9.71. The Morgan fingerprint density at radius 3 is 1.18 bits per heavy atom. The fraction of sp³-hybridized carbons (Fsp3) is 0.273. The Bertz CT molecular complexity index is 604. The second kappa shape index (κ2) is 5.43. The van der Waals surface area contributed by atoms with Crippen LogP contribution < -0.4 is 0 Å². The molecule has 0 saturated carbocycles. The molecule has 0 nitrogen and oxygen atoms in total. The van der Waals surface area contributed by atoms with E-state index in [0.29, 0.717) is 0 Å². The Labute approximate surface area is 114 Å². The summed E-state index contributed by atoms with van der Waals surface area (Å²) < 4.78 is 140. The van der Waals surface area contributed by atoms with E-state index in [1.807, 2.05) is 0 Å². The Kier molecular flexibility index (Phi) is 4.50. The van der Waals surface area contributed by atoms with Crippen molar-refractivity contribution >= 4 is 5.57 Å². The quantitative estimate of drug-likeness (QED) is 0.369. The lowest BCUT2D eigenvalue weighted by Crippen LogP contribution is -2.23. The van der Waals surface area contributed by atoms with Crippen molar-refractivity contribution in [2.75, 3.05) is 0 Å². The van der Waals surface area contributed by atoms with E-state index in [4.69, 9.17) is 0 Å². The zero-order chi connectivity index (χ0) is 17.6. The Hall–Kier alpha value is -1.81. The molecule has 0 heterocycles. The molecule has 0 spiro atoms. The molecule has 0 amide bonds. The zero-order valence-corrected chi connectivity index (χ0v) is 10.2. The summed E-state index contributed by atoms with van der Waals surface area (Å²) in [7, 11) is 0. The first-order valence-corrected chi connectivity index (χ1v) is 5.08. The normalized spacial score (nSPS) is 14.2. The van der Waals surface area contributed by atoms with Gasteiger partial charge in [0.05, 0.1) is 11.1 Å². The van der Waals surface area contributed by atoms with Crippen molar-refractivity contribution in [3.63, 3.8) is 0 Å². The molecule has 0 atom stereocenters. The SMILES string of the molecule is C/C(=C(/c1c(F)c(F)c(F)c(F)c1F)C(F)(F)F)C(F)(F)F. The fourth-order valence-electron chi connectivity index (χ4n) is 1.51. The molecule has 1 aromatic rings. The number of rotatable bonds is 1. The third kappa shape index (κ3) is 3.02. The van der Waals surface area contributed by atoms with Gasteiger partial charge < -0.3 is 0 Å². The van der Waals surface area contributed by atoms with Crippen molar-refractivity contribution in [3.05, 3.63) is 40.2 Å². The van der Waals surface area contributed by atoms with Crippen molar-refractivity contribution < 1.29 is 48.3 Å². The van der Waals surface area contributed by atoms with Gasteiger partial charge in [0.1, 0.15) is 0 Å². The van der Waals surface area contributed by atoms with Gasteiger partial charge in [-0.05, 0) is 6.92 Å². The van der Waals surface area contributed by atoms with Gasteiger partial charge in [0.15, 0.2) is 23.3 Å². The summed E-state index contributed by atoms with van der Waals surface area (Å²) in [6.07, 6.45) is -11.7. The second-order valence-electron chi connectivity index (χ2n) is 3.94. The second-order valence-corrected chi connectivity index (χ2v) is 3.94. The molecule has 1 rings (SSSR count). The average molecular weight is 344 g/mol. The molecule has 0 aliphatic carbocycles. The van der Waals surface area contributed by atoms with Gasteiger partial charge in [-0.25, -0.2) is 22.0 Å². The van der Waals surface area contributed by atoms with E-state index in [2.05, 4.69) is 0 Å². The summed E-state index contributed by atoms with van der Waals surface area (Å²) >= 11 is 0. The Morgan fingerprint density at radius 1 is 0.591 bits per heavy atom. The molecule has 22 heavy (non-hydrogen) atoms. The minimum atomic E-state index is -6.02. The van der Waals surface area contributed by atoms with Crippen LogP contribution in [0.2, 0.25) is 0 Å². The van der Waals surface area contributed by atoms with Crippen LogP contribution in [0.1, 0.15) is 12.5 Å². The van der Waals surface area contributed by atoms with Gasteiger partial charge in [0, 0.05) is 5.57 Å². The van der Waals surface area contributed by atoms with Crippen molar-refractivity contribution in [3.8, 4) is 0 Å². The van der Waals surface area contributed by atoms with Crippen LogP contribution in [0.3, 0.4) is 0 Å². The van der Waals surface area contributed by atoms with Gasteiger partial charge in [-0.2, -0.15) is 26.3 Å². The van der Waals surface area contributed by atoms with E-state index >= 15 is 0 Å².